The summed E-state index contributed by atoms with van der Waals surface area (Å²) in [7, 11) is -3.68. The van der Waals surface area contributed by atoms with Crippen LogP contribution in [0.3, 0.4) is 0 Å². The molecule has 5 nitrogen and oxygen atoms in total. The molecule has 1 amide bonds. The summed E-state index contributed by atoms with van der Waals surface area (Å²) < 4.78 is 28.4. The number of nitrogens with one attached hydrogen (secondary N) is 2. The van der Waals surface area contributed by atoms with Crippen LogP contribution in [0.1, 0.15) is 48.9 Å². The van der Waals surface area contributed by atoms with Crippen molar-refractivity contribution in [2.75, 3.05) is 5.32 Å². The second-order valence-corrected chi connectivity index (χ2v) is 8.17. The number of fused-ring (bicyclic) bond motifs is 1. The zero-order valence-electron chi connectivity index (χ0n) is 14.5. The Labute approximate surface area is 148 Å². The van der Waals surface area contributed by atoms with Crippen LogP contribution in [0, 0.1) is 6.92 Å². The highest BCUT2D eigenvalue weighted by Crippen LogP contribution is 2.34. The van der Waals surface area contributed by atoms with Crippen molar-refractivity contribution < 1.29 is 13.2 Å². The van der Waals surface area contributed by atoms with Gasteiger partial charge in [0.05, 0.1) is 10.8 Å². The number of sulfonamides is 1. The Balaban J connectivity index is 1.89. The Kier molecular flexibility index (Phi) is 4.67. The van der Waals surface area contributed by atoms with Crippen molar-refractivity contribution in [1.82, 2.24) is 4.72 Å². The fourth-order valence-corrected chi connectivity index (χ4v) is 4.35. The molecule has 2 atom stereocenters. The Morgan fingerprint density at radius 2 is 1.84 bits per heavy atom. The van der Waals surface area contributed by atoms with E-state index in [1.54, 1.807) is 19.1 Å². The van der Waals surface area contributed by atoms with Crippen molar-refractivity contribution in [2.24, 2.45) is 0 Å². The zero-order valence-corrected chi connectivity index (χ0v) is 15.4. The van der Waals surface area contributed by atoms with Crippen molar-refractivity contribution in [3.8, 4) is 0 Å². The summed E-state index contributed by atoms with van der Waals surface area (Å²) in [6.07, 6.45) is 0.643. The normalized spacial score (nSPS) is 17.9. The highest BCUT2D eigenvalue weighted by molar-refractivity contribution is 7.89. The van der Waals surface area contributed by atoms with Crippen LogP contribution in [-0.4, -0.2) is 14.3 Å². The van der Waals surface area contributed by atoms with Gasteiger partial charge in [0.25, 0.3) is 0 Å². The molecule has 2 aromatic rings. The molecule has 0 unspecified atom stereocenters. The van der Waals surface area contributed by atoms with Gasteiger partial charge < -0.3 is 5.32 Å². The lowest BCUT2D eigenvalue weighted by molar-refractivity contribution is -0.116. The Bertz CT molecular complexity index is 905. The molecule has 0 saturated heterocycles. The van der Waals surface area contributed by atoms with Crippen LogP contribution >= 0.6 is 0 Å². The summed E-state index contributed by atoms with van der Waals surface area (Å²) in [5, 5.41) is 2.75. The van der Waals surface area contributed by atoms with E-state index in [9.17, 15) is 13.2 Å². The van der Waals surface area contributed by atoms with Gasteiger partial charge >= 0.3 is 0 Å². The van der Waals surface area contributed by atoms with E-state index in [1.807, 2.05) is 38.1 Å². The van der Waals surface area contributed by atoms with Gasteiger partial charge in [-0.2, -0.15) is 0 Å². The van der Waals surface area contributed by atoms with Crippen molar-refractivity contribution in [1.29, 1.82) is 0 Å². The summed E-state index contributed by atoms with van der Waals surface area (Å²) in [6, 6.07) is 12.3. The van der Waals surface area contributed by atoms with Gasteiger partial charge in [0, 0.05) is 11.7 Å². The van der Waals surface area contributed by atoms with Gasteiger partial charge in [-0.05, 0) is 49.6 Å². The van der Waals surface area contributed by atoms with Crippen molar-refractivity contribution in [2.45, 2.75) is 44.0 Å². The number of hydrogen-bond donors (Lipinski definition) is 2. The average Bonchev–Trinajstić information content (AvgIpc) is 2.87. The number of hydrogen-bond acceptors (Lipinski definition) is 3. The van der Waals surface area contributed by atoms with Gasteiger partial charge in [0.1, 0.15) is 0 Å². The van der Waals surface area contributed by atoms with Crippen LogP contribution in [0.5, 0.6) is 0 Å². The largest absolute Gasteiger partial charge is 0.325 e. The Morgan fingerprint density at radius 3 is 2.48 bits per heavy atom. The van der Waals surface area contributed by atoms with Crippen molar-refractivity contribution in [3.63, 3.8) is 0 Å². The molecule has 25 heavy (non-hydrogen) atoms. The topological polar surface area (TPSA) is 75.3 Å². The second kappa shape index (κ2) is 6.61. The van der Waals surface area contributed by atoms with Gasteiger partial charge in [0.2, 0.25) is 15.9 Å². The predicted octanol–water partition coefficient (Wildman–Crippen LogP) is 3.48. The maximum atomic E-state index is 12.8. The van der Waals surface area contributed by atoms with Crippen LogP contribution in [0.15, 0.2) is 47.4 Å². The molecular formula is C19H22N2O3S. The molecule has 0 saturated carbocycles. The minimum Gasteiger partial charge on any atom is -0.325 e. The number of benzene rings is 2. The van der Waals surface area contributed by atoms with Gasteiger partial charge in [-0.3, -0.25) is 4.79 Å². The summed E-state index contributed by atoms with van der Waals surface area (Å²) >= 11 is 0. The van der Waals surface area contributed by atoms with Crippen LogP contribution < -0.4 is 10.0 Å². The van der Waals surface area contributed by atoms with Crippen LogP contribution in [0.2, 0.25) is 0 Å². The quantitative estimate of drug-likeness (QED) is 0.859. The second-order valence-electron chi connectivity index (χ2n) is 6.45. The molecule has 2 aromatic carbocycles. The summed E-state index contributed by atoms with van der Waals surface area (Å²) in [5.74, 6) is -0.451. The lowest BCUT2D eigenvalue weighted by atomic mass is 10.0. The number of carbonyl (C=O) groups excluding carboxylic acids is 1. The molecule has 1 heterocycles. The summed E-state index contributed by atoms with van der Waals surface area (Å²) in [5.41, 5.74) is 3.47. The van der Waals surface area contributed by atoms with Gasteiger partial charge in [-0.15, -0.1) is 0 Å². The highest BCUT2D eigenvalue weighted by atomic mass is 32.2. The third-order valence-electron chi connectivity index (χ3n) is 4.64. The molecule has 0 bridgehead atoms. The fraction of sp³-hybridized carbons (Fsp3) is 0.316. The fourth-order valence-electron chi connectivity index (χ4n) is 3.00. The monoisotopic (exact) mass is 358 g/mol. The lowest BCUT2D eigenvalue weighted by Gasteiger charge is -2.18. The van der Waals surface area contributed by atoms with Crippen molar-refractivity contribution in [3.05, 3.63) is 59.2 Å². The molecule has 1 aliphatic rings. The first-order valence-corrected chi connectivity index (χ1v) is 9.84. The first kappa shape index (κ1) is 17.6. The minimum atomic E-state index is -3.68. The molecule has 0 aliphatic carbocycles. The maximum absolute atomic E-state index is 12.8. The number of rotatable bonds is 5. The highest BCUT2D eigenvalue weighted by Gasteiger charge is 2.29. The van der Waals surface area contributed by atoms with Gasteiger partial charge in [0.15, 0.2) is 0 Å². The van der Waals surface area contributed by atoms with Gasteiger partial charge in [-0.1, -0.05) is 36.8 Å². The van der Waals surface area contributed by atoms with E-state index >= 15 is 0 Å². The Hall–Kier alpha value is -2.18. The molecule has 6 heteroatoms. The van der Waals surface area contributed by atoms with E-state index in [0.717, 1.165) is 16.7 Å². The minimum absolute atomic E-state index is 0.108. The smallest absolute Gasteiger partial charge is 0.241 e. The lowest BCUT2D eigenvalue weighted by Crippen LogP contribution is -2.28. The third kappa shape index (κ3) is 3.45. The van der Waals surface area contributed by atoms with E-state index in [4.69, 9.17) is 0 Å². The van der Waals surface area contributed by atoms with Crippen molar-refractivity contribution >= 4 is 21.6 Å². The first-order chi connectivity index (χ1) is 11.8. The van der Waals surface area contributed by atoms with E-state index in [1.165, 1.54) is 6.07 Å². The molecular weight excluding hydrogens is 336 g/mol. The van der Waals surface area contributed by atoms with Crippen LogP contribution in [-0.2, 0) is 14.8 Å². The van der Waals surface area contributed by atoms with E-state index in [-0.39, 0.29) is 22.8 Å². The molecule has 0 spiro atoms. The number of carbonyl (C=O) groups is 1. The first-order valence-electron chi connectivity index (χ1n) is 8.35. The molecule has 0 fully saturated rings. The molecule has 3 rings (SSSR count). The number of amides is 1. The SMILES string of the molecule is CC[C@@H](NS(=O)(=O)c1ccc2c(c1)[C@H](C)C(=O)N2)c1ccc(C)cc1. The zero-order chi connectivity index (χ0) is 18.2. The average molecular weight is 358 g/mol. The maximum Gasteiger partial charge on any atom is 0.241 e. The Morgan fingerprint density at radius 1 is 1.16 bits per heavy atom. The van der Waals surface area contributed by atoms with Crippen LogP contribution in [0.25, 0.3) is 0 Å². The molecule has 0 aromatic heterocycles. The van der Waals surface area contributed by atoms with E-state index in [0.29, 0.717) is 12.1 Å². The van der Waals surface area contributed by atoms with Gasteiger partial charge in [-0.25, -0.2) is 13.1 Å². The molecule has 2 N–H and O–H groups in total. The molecule has 132 valence electrons. The van der Waals surface area contributed by atoms with E-state index < -0.39 is 10.0 Å². The summed E-state index contributed by atoms with van der Waals surface area (Å²) in [6.45, 7) is 5.71. The third-order valence-corrected chi connectivity index (χ3v) is 6.11. The number of aryl methyl sites for hydroxylation is 1. The molecule has 1 aliphatic heterocycles. The molecule has 0 radical (unpaired) electrons. The predicted molar refractivity (Wildman–Crippen MR) is 98.0 cm³/mol. The van der Waals surface area contributed by atoms with E-state index in [2.05, 4.69) is 10.0 Å². The number of anilines is 1. The van der Waals surface area contributed by atoms with Crippen LogP contribution in [0.4, 0.5) is 5.69 Å². The standard InChI is InChI=1S/C19H22N2O3S/c1-4-17(14-7-5-12(2)6-8-14)21-25(23,24)15-9-10-18-16(11-15)13(3)19(22)20-18/h5-11,13,17,21H,4H2,1-3H3,(H,20,22)/t13-,17+/m0/s1. The summed E-state index contributed by atoms with van der Waals surface area (Å²) in [4.78, 5) is 11.9.